The van der Waals surface area contributed by atoms with Crippen molar-refractivity contribution in [1.82, 2.24) is 5.32 Å². The van der Waals surface area contributed by atoms with Crippen LogP contribution in [-0.2, 0) is 0 Å². The number of aliphatic hydroxyl groups excluding tert-OH is 1. The van der Waals surface area contributed by atoms with Crippen molar-refractivity contribution in [1.29, 1.82) is 0 Å². The van der Waals surface area contributed by atoms with Crippen molar-refractivity contribution >= 4 is 0 Å². The van der Waals surface area contributed by atoms with Crippen LogP contribution < -0.4 is 5.32 Å². The molecule has 1 fully saturated rings. The van der Waals surface area contributed by atoms with Crippen molar-refractivity contribution in [2.45, 2.75) is 39.7 Å². The number of rotatable bonds is 3. The molecule has 0 unspecified atom stereocenters. The van der Waals surface area contributed by atoms with E-state index in [9.17, 15) is 0 Å². The highest BCUT2D eigenvalue weighted by Crippen LogP contribution is 2.27. The van der Waals surface area contributed by atoms with Crippen LogP contribution in [-0.4, -0.2) is 24.3 Å². The van der Waals surface area contributed by atoms with E-state index in [1.165, 1.54) is 0 Å². The van der Waals surface area contributed by atoms with E-state index in [2.05, 4.69) is 26.1 Å². The Morgan fingerprint density at radius 1 is 1.33 bits per heavy atom. The van der Waals surface area contributed by atoms with Crippen LogP contribution in [0, 0.1) is 11.3 Å². The molecule has 1 rings (SSSR count). The third-order valence-corrected chi connectivity index (χ3v) is 2.41. The zero-order chi connectivity index (χ0) is 9.19. The van der Waals surface area contributed by atoms with Crippen LogP contribution in [0.25, 0.3) is 0 Å². The third kappa shape index (κ3) is 3.11. The Kier molecular flexibility index (Phi) is 3.13. The Labute approximate surface area is 75.4 Å². The average Bonchev–Trinajstić information content (AvgIpc) is 1.82. The Hall–Kier alpha value is -0.0800. The topological polar surface area (TPSA) is 32.3 Å². The van der Waals surface area contributed by atoms with E-state index in [0.717, 1.165) is 19.4 Å². The maximum Gasteiger partial charge on any atom is 0.0460 e. The molecule has 0 spiro atoms. The standard InChI is InChI=1S/C10H21NO/c1-10(2,3)7-11-9-4-8(5-9)6-12/h8-9,11-12H,4-7H2,1-3H3. The second-order valence-electron chi connectivity index (χ2n) is 5.16. The molecule has 0 atom stereocenters. The second-order valence-corrected chi connectivity index (χ2v) is 5.16. The van der Waals surface area contributed by atoms with E-state index in [1.54, 1.807) is 0 Å². The molecule has 0 aromatic heterocycles. The van der Waals surface area contributed by atoms with Crippen LogP contribution in [0.4, 0.5) is 0 Å². The van der Waals surface area contributed by atoms with Gasteiger partial charge in [-0.05, 0) is 24.2 Å². The highest BCUT2D eigenvalue weighted by molar-refractivity contribution is 4.85. The van der Waals surface area contributed by atoms with Crippen LogP contribution in [0.3, 0.4) is 0 Å². The molecule has 0 amide bonds. The number of nitrogens with one attached hydrogen (secondary N) is 1. The van der Waals surface area contributed by atoms with E-state index in [0.29, 0.717) is 24.0 Å². The summed E-state index contributed by atoms with van der Waals surface area (Å²) in [6, 6.07) is 0.668. The lowest BCUT2D eigenvalue weighted by Crippen LogP contribution is -2.45. The summed E-state index contributed by atoms with van der Waals surface area (Å²) in [4.78, 5) is 0. The van der Waals surface area contributed by atoms with Gasteiger partial charge in [-0.1, -0.05) is 20.8 Å². The van der Waals surface area contributed by atoms with Gasteiger partial charge in [0.2, 0.25) is 0 Å². The van der Waals surface area contributed by atoms with Gasteiger partial charge >= 0.3 is 0 Å². The van der Waals surface area contributed by atoms with Crippen LogP contribution >= 0.6 is 0 Å². The van der Waals surface area contributed by atoms with Gasteiger partial charge in [-0.25, -0.2) is 0 Å². The predicted octanol–water partition coefficient (Wildman–Crippen LogP) is 1.39. The normalized spacial score (nSPS) is 30.0. The van der Waals surface area contributed by atoms with Gasteiger partial charge in [-0.15, -0.1) is 0 Å². The van der Waals surface area contributed by atoms with Gasteiger partial charge in [0.25, 0.3) is 0 Å². The monoisotopic (exact) mass is 171 g/mol. The summed E-state index contributed by atoms with van der Waals surface area (Å²) < 4.78 is 0. The summed E-state index contributed by atoms with van der Waals surface area (Å²) in [6.07, 6.45) is 2.32. The molecule has 0 heterocycles. The van der Waals surface area contributed by atoms with Gasteiger partial charge in [-0.3, -0.25) is 0 Å². The van der Waals surface area contributed by atoms with Crippen molar-refractivity contribution < 1.29 is 5.11 Å². The summed E-state index contributed by atoms with van der Waals surface area (Å²) in [5.41, 5.74) is 0.379. The minimum Gasteiger partial charge on any atom is -0.396 e. The average molecular weight is 171 g/mol. The summed E-state index contributed by atoms with van der Waals surface area (Å²) in [5.74, 6) is 0.572. The van der Waals surface area contributed by atoms with Crippen molar-refractivity contribution in [3.05, 3.63) is 0 Å². The van der Waals surface area contributed by atoms with E-state index in [4.69, 9.17) is 5.11 Å². The molecule has 1 aliphatic rings. The number of aliphatic hydroxyl groups is 1. The molecule has 12 heavy (non-hydrogen) atoms. The number of hydrogen-bond donors (Lipinski definition) is 2. The highest BCUT2D eigenvalue weighted by Gasteiger charge is 2.28. The zero-order valence-corrected chi connectivity index (χ0v) is 8.43. The Balaban J connectivity index is 2.04. The van der Waals surface area contributed by atoms with Crippen molar-refractivity contribution in [3.63, 3.8) is 0 Å². The molecule has 2 nitrogen and oxygen atoms in total. The lowest BCUT2D eigenvalue weighted by molar-refractivity contribution is 0.121. The van der Waals surface area contributed by atoms with E-state index < -0.39 is 0 Å². The quantitative estimate of drug-likeness (QED) is 0.672. The Bertz CT molecular complexity index is 133. The first kappa shape index (κ1) is 10.0. The first-order valence-corrected chi connectivity index (χ1v) is 4.85. The second kappa shape index (κ2) is 3.75. The molecule has 1 saturated carbocycles. The van der Waals surface area contributed by atoms with Crippen molar-refractivity contribution in [2.24, 2.45) is 11.3 Å². The van der Waals surface area contributed by atoms with E-state index in [-0.39, 0.29) is 0 Å². The lowest BCUT2D eigenvalue weighted by Gasteiger charge is -2.36. The Morgan fingerprint density at radius 3 is 2.33 bits per heavy atom. The zero-order valence-electron chi connectivity index (χ0n) is 8.43. The molecule has 0 aromatic carbocycles. The molecular weight excluding hydrogens is 150 g/mol. The van der Waals surface area contributed by atoms with Gasteiger partial charge in [0.15, 0.2) is 0 Å². The minimum atomic E-state index is 0.369. The van der Waals surface area contributed by atoms with Crippen molar-refractivity contribution in [2.75, 3.05) is 13.2 Å². The first-order chi connectivity index (χ1) is 5.51. The van der Waals surface area contributed by atoms with Crippen LogP contribution in [0.2, 0.25) is 0 Å². The molecule has 0 radical (unpaired) electrons. The largest absolute Gasteiger partial charge is 0.396 e. The smallest absolute Gasteiger partial charge is 0.0460 e. The fourth-order valence-corrected chi connectivity index (χ4v) is 1.50. The highest BCUT2D eigenvalue weighted by atomic mass is 16.3. The fourth-order valence-electron chi connectivity index (χ4n) is 1.50. The molecule has 2 heteroatoms. The first-order valence-electron chi connectivity index (χ1n) is 4.85. The van der Waals surface area contributed by atoms with E-state index in [1.807, 2.05) is 0 Å². The third-order valence-electron chi connectivity index (χ3n) is 2.41. The van der Waals surface area contributed by atoms with Gasteiger partial charge in [0.05, 0.1) is 0 Å². The summed E-state index contributed by atoms with van der Waals surface area (Å²) in [5, 5.41) is 12.3. The SMILES string of the molecule is CC(C)(C)CNC1CC(CO)C1. The van der Waals surface area contributed by atoms with Gasteiger partial charge in [0, 0.05) is 19.2 Å². The van der Waals surface area contributed by atoms with E-state index >= 15 is 0 Å². The molecule has 0 saturated heterocycles. The molecule has 1 aliphatic carbocycles. The maximum atomic E-state index is 8.80. The Morgan fingerprint density at radius 2 is 1.92 bits per heavy atom. The predicted molar refractivity (Wildman–Crippen MR) is 51.1 cm³/mol. The van der Waals surface area contributed by atoms with Crippen LogP contribution in [0.1, 0.15) is 33.6 Å². The van der Waals surface area contributed by atoms with Gasteiger partial charge < -0.3 is 10.4 Å². The van der Waals surface area contributed by atoms with Gasteiger partial charge in [0.1, 0.15) is 0 Å². The molecular formula is C10H21NO. The van der Waals surface area contributed by atoms with Crippen LogP contribution in [0.5, 0.6) is 0 Å². The summed E-state index contributed by atoms with van der Waals surface area (Å²) in [7, 11) is 0. The van der Waals surface area contributed by atoms with Crippen LogP contribution in [0.15, 0.2) is 0 Å². The van der Waals surface area contributed by atoms with Gasteiger partial charge in [-0.2, -0.15) is 0 Å². The molecule has 0 bridgehead atoms. The minimum absolute atomic E-state index is 0.369. The summed E-state index contributed by atoms with van der Waals surface area (Å²) in [6.45, 7) is 8.16. The lowest BCUT2D eigenvalue weighted by atomic mass is 9.80. The fraction of sp³-hybridized carbons (Fsp3) is 1.00. The maximum absolute atomic E-state index is 8.80. The molecule has 72 valence electrons. The van der Waals surface area contributed by atoms with Crippen molar-refractivity contribution in [3.8, 4) is 0 Å². The molecule has 2 N–H and O–H groups in total. The number of hydrogen-bond acceptors (Lipinski definition) is 2. The molecule has 0 aliphatic heterocycles. The molecule has 0 aromatic rings. The summed E-state index contributed by atoms with van der Waals surface area (Å²) >= 11 is 0.